The molecule has 0 spiro atoms. The van der Waals surface area contributed by atoms with Crippen LogP contribution in [0.4, 0.5) is 5.69 Å². The molecule has 0 saturated carbocycles. The highest BCUT2D eigenvalue weighted by Crippen LogP contribution is 2.32. The van der Waals surface area contributed by atoms with Crippen LogP contribution in [0, 0.1) is 0 Å². The predicted molar refractivity (Wildman–Crippen MR) is 87.4 cm³/mol. The number of nitrogens with one attached hydrogen (secondary N) is 1. The first-order chi connectivity index (χ1) is 10.6. The van der Waals surface area contributed by atoms with E-state index in [1.165, 1.54) is 6.92 Å². The molecule has 0 fully saturated rings. The molecule has 0 unspecified atom stereocenters. The number of carbonyl (C=O) groups is 1. The van der Waals surface area contributed by atoms with E-state index >= 15 is 0 Å². The summed E-state index contributed by atoms with van der Waals surface area (Å²) >= 11 is 6.31. The van der Waals surface area contributed by atoms with Gasteiger partial charge in [0.05, 0.1) is 29.8 Å². The Labute approximate surface area is 134 Å². The van der Waals surface area contributed by atoms with Crippen LogP contribution in [0.1, 0.15) is 19.4 Å². The van der Waals surface area contributed by atoms with Crippen molar-refractivity contribution in [1.29, 1.82) is 0 Å². The minimum Gasteiger partial charge on any atom is -0.501 e. The van der Waals surface area contributed by atoms with E-state index in [1.807, 2.05) is 13.0 Å². The Hall–Kier alpha value is -2.40. The number of hydrogen-bond acceptors (Lipinski definition) is 4. The summed E-state index contributed by atoms with van der Waals surface area (Å²) < 4.78 is 5.22. The zero-order valence-corrected chi connectivity index (χ0v) is 13.1. The molecular formula is C16H16ClN3O2. The third-order valence-corrected chi connectivity index (χ3v) is 3.11. The van der Waals surface area contributed by atoms with Gasteiger partial charge >= 0.3 is 0 Å². The van der Waals surface area contributed by atoms with Gasteiger partial charge in [-0.15, -0.1) is 0 Å². The van der Waals surface area contributed by atoms with Crippen LogP contribution in [0.5, 0.6) is 0 Å². The number of benzene rings is 1. The molecule has 1 aromatic carbocycles. The van der Waals surface area contributed by atoms with Crippen molar-refractivity contribution < 1.29 is 9.53 Å². The largest absolute Gasteiger partial charge is 0.501 e. The second kappa shape index (κ2) is 7.56. The average Bonchev–Trinajstić information content (AvgIpc) is 2.50. The Bertz CT molecular complexity index is 687. The summed E-state index contributed by atoms with van der Waals surface area (Å²) in [6, 6.07) is 3.53. The average molecular weight is 318 g/mol. The van der Waals surface area contributed by atoms with Crippen LogP contribution in [0.3, 0.4) is 0 Å². The predicted octanol–water partition coefficient (Wildman–Crippen LogP) is 3.76. The molecule has 1 amide bonds. The minimum atomic E-state index is -0.172. The maximum absolute atomic E-state index is 11.3. The monoisotopic (exact) mass is 317 g/mol. The second-order valence-corrected chi connectivity index (χ2v) is 4.86. The molecule has 0 aliphatic carbocycles. The third-order valence-electron chi connectivity index (χ3n) is 2.80. The molecule has 1 aromatic heterocycles. The summed E-state index contributed by atoms with van der Waals surface area (Å²) in [5.41, 5.74) is 2.78. The number of anilines is 1. The number of ether oxygens (including phenoxy) is 1. The van der Waals surface area contributed by atoms with Crippen LogP contribution in [0.2, 0.25) is 5.02 Å². The molecule has 0 bridgehead atoms. The van der Waals surface area contributed by atoms with Gasteiger partial charge in [-0.1, -0.05) is 11.6 Å². The quantitative estimate of drug-likeness (QED) is 0.853. The van der Waals surface area contributed by atoms with E-state index in [-0.39, 0.29) is 5.91 Å². The SMILES string of the molecule is CCO/C=C/c1cc(-c2cnccn2)c(Cl)cc1NC(C)=O. The molecule has 1 heterocycles. The van der Waals surface area contributed by atoms with Gasteiger partial charge in [0.15, 0.2) is 0 Å². The molecule has 0 atom stereocenters. The van der Waals surface area contributed by atoms with Crippen LogP contribution < -0.4 is 5.32 Å². The first kappa shape index (κ1) is 16.0. The van der Waals surface area contributed by atoms with E-state index in [2.05, 4.69) is 15.3 Å². The smallest absolute Gasteiger partial charge is 0.221 e. The molecular weight excluding hydrogens is 302 g/mol. The summed E-state index contributed by atoms with van der Waals surface area (Å²) in [6.07, 6.45) is 8.18. The van der Waals surface area contributed by atoms with Gasteiger partial charge in [0.2, 0.25) is 5.91 Å². The van der Waals surface area contributed by atoms with Crippen molar-refractivity contribution in [3.05, 3.63) is 47.6 Å². The van der Waals surface area contributed by atoms with Crippen LogP contribution >= 0.6 is 11.6 Å². The number of aromatic nitrogens is 2. The van der Waals surface area contributed by atoms with E-state index in [0.29, 0.717) is 23.0 Å². The summed E-state index contributed by atoms with van der Waals surface area (Å²) in [7, 11) is 0. The first-order valence-corrected chi connectivity index (χ1v) is 7.15. The Kier molecular flexibility index (Phi) is 5.49. The number of amides is 1. The molecule has 22 heavy (non-hydrogen) atoms. The molecule has 0 saturated heterocycles. The van der Waals surface area contributed by atoms with Crippen molar-refractivity contribution in [2.24, 2.45) is 0 Å². The van der Waals surface area contributed by atoms with Crippen LogP contribution in [-0.2, 0) is 9.53 Å². The number of rotatable bonds is 5. The van der Waals surface area contributed by atoms with Crippen molar-refractivity contribution in [1.82, 2.24) is 9.97 Å². The van der Waals surface area contributed by atoms with Gasteiger partial charge in [-0.2, -0.15) is 0 Å². The first-order valence-electron chi connectivity index (χ1n) is 6.77. The molecule has 5 nitrogen and oxygen atoms in total. The van der Waals surface area contributed by atoms with Crippen LogP contribution in [0.25, 0.3) is 17.3 Å². The number of nitrogens with zero attached hydrogens (tertiary/aromatic N) is 2. The zero-order chi connectivity index (χ0) is 15.9. The van der Waals surface area contributed by atoms with Crippen molar-refractivity contribution in [3.63, 3.8) is 0 Å². The standard InChI is InChI=1S/C16H16ClN3O2/c1-3-22-7-4-12-8-13(16-10-18-5-6-19-16)14(17)9-15(12)20-11(2)21/h4-10H,3H2,1-2H3,(H,20,21)/b7-4+. The van der Waals surface area contributed by atoms with Gasteiger partial charge in [-0.25, -0.2) is 0 Å². The van der Waals surface area contributed by atoms with Crippen LogP contribution in [0.15, 0.2) is 37.0 Å². The van der Waals surface area contributed by atoms with Gasteiger partial charge in [-0.05, 0) is 25.1 Å². The normalized spacial score (nSPS) is 10.7. The minimum absolute atomic E-state index is 0.172. The molecule has 0 radical (unpaired) electrons. The van der Waals surface area contributed by atoms with E-state index in [9.17, 15) is 4.79 Å². The Morgan fingerprint density at radius 1 is 1.41 bits per heavy atom. The number of carbonyl (C=O) groups excluding carboxylic acids is 1. The molecule has 114 valence electrons. The lowest BCUT2D eigenvalue weighted by atomic mass is 10.1. The Balaban J connectivity index is 2.49. The van der Waals surface area contributed by atoms with Gasteiger partial charge < -0.3 is 10.1 Å². The van der Waals surface area contributed by atoms with Gasteiger partial charge in [0, 0.05) is 36.1 Å². The lowest BCUT2D eigenvalue weighted by Crippen LogP contribution is -2.07. The highest BCUT2D eigenvalue weighted by Gasteiger charge is 2.11. The van der Waals surface area contributed by atoms with E-state index < -0.39 is 0 Å². The van der Waals surface area contributed by atoms with Crippen molar-refractivity contribution in [3.8, 4) is 11.3 Å². The molecule has 2 aromatic rings. The number of halogens is 1. The highest BCUT2D eigenvalue weighted by atomic mass is 35.5. The van der Waals surface area contributed by atoms with Gasteiger partial charge in [0.25, 0.3) is 0 Å². The van der Waals surface area contributed by atoms with Crippen LogP contribution in [-0.4, -0.2) is 22.5 Å². The fraction of sp³-hybridized carbons (Fsp3) is 0.188. The maximum atomic E-state index is 11.3. The third kappa shape index (κ3) is 4.05. The van der Waals surface area contributed by atoms with Crippen molar-refractivity contribution >= 4 is 29.3 Å². The van der Waals surface area contributed by atoms with Crippen molar-refractivity contribution in [2.75, 3.05) is 11.9 Å². The molecule has 0 aliphatic heterocycles. The van der Waals surface area contributed by atoms with E-state index in [1.54, 1.807) is 37.0 Å². The molecule has 0 aliphatic rings. The second-order valence-electron chi connectivity index (χ2n) is 4.45. The lowest BCUT2D eigenvalue weighted by molar-refractivity contribution is -0.114. The van der Waals surface area contributed by atoms with E-state index in [0.717, 1.165) is 11.1 Å². The highest BCUT2D eigenvalue weighted by molar-refractivity contribution is 6.33. The van der Waals surface area contributed by atoms with E-state index in [4.69, 9.17) is 16.3 Å². The molecule has 1 N–H and O–H groups in total. The fourth-order valence-electron chi connectivity index (χ4n) is 1.88. The Morgan fingerprint density at radius 2 is 2.23 bits per heavy atom. The zero-order valence-electron chi connectivity index (χ0n) is 12.3. The fourth-order valence-corrected chi connectivity index (χ4v) is 2.14. The van der Waals surface area contributed by atoms with Gasteiger partial charge in [0.1, 0.15) is 0 Å². The lowest BCUT2D eigenvalue weighted by Gasteiger charge is -2.11. The summed E-state index contributed by atoms with van der Waals surface area (Å²) in [6.45, 7) is 3.91. The topological polar surface area (TPSA) is 64.1 Å². The van der Waals surface area contributed by atoms with Gasteiger partial charge in [-0.3, -0.25) is 14.8 Å². The Morgan fingerprint density at radius 3 is 2.86 bits per heavy atom. The molecule has 6 heteroatoms. The number of hydrogen-bond donors (Lipinski definition) is 1. The summed E-state index contributed by atoms with van der Waals surface area (Å²) in [4.78, 5) is 19.6. The maximum Gasteiger partial charge on any atom is 0.221 e. The molecule has 2 rings (SSSR count). The summed E-state index contributed by atoms with van der Waals surface area (Å²) in [5, 5.41) is 3.24. The summed E-state index contributed by atoms with van der Waals surface area (Å²) in [5.74, 6) is -0.172. The van der Waals surface area contributed by atoms with Crippen molar-refractivity contribution in [2.45, 2.75) is 13.8 Å².